The number of hydrogen-bond donors (Lipinski definition) is 1. The second-order valence-corrected chi connectivity index (χ2v) is 9.55. The average molecular weight is 423 g/mol. The summed E-state index contributed by atoms with van der Waals surface area (Å²) in [6, 6.07) is 10.2. The largest absolute Gasteiger partial charge is 0.355 e. The van der Waals surface area contributed by atoms with Crippen LogP contribution in [0.1, 0.15) is 19.0 Å². The van der Waals surface area contributed by atoms with E-state index in [0.29, 0.717) is 5.75 Å². The van der Waals surface area contributed by atoms with Gasteiger partial charge in [-0.2, -0.15) is 0 Å². The number of carbonyl (C=O) groups is 1. The molecule has 1 amide bonds. The van der Waals surface area contributed by atoms with Gasteiger partial charge in [-0.25, -0.2) is 4.98 Å². The van der Waals surface area contributed by atoms with Gasteiger partial charge in [0, 0.05) is 23.2 Å². The number of amides is 1. The molecule has 0 radical (unpaired) electrons. The summed E-state index contributed by atoms with van der Waals surface area (Å²) in [5, 5.41) is 14.3. The second kappa shape index (κ2) is 10.1. The molecule has 0 fully saturated rings. The Morgan fingerprint density at radius 3 is 2.69 bits per heavy atom. The Hall–Kier alpha value is -1.42. The van der Waals surface area contributed by atoms with Crippen molar-refractivity contribution in [3.8, 4) is 10.6 Å². The van der Waals surface area contributed by atoms with Gasteiger partial charge in [0.05, 0.1) is 11.4 Å². The molecule has 3 aromatic rings. The normalized spacial score (nSPS) is 10.8. The van der Waals surface area contributed by atoms with Crippen molar-refractivity contribution in [3.63, 3.8) is 0 Å². The molecule has 0 aliphatic carbocycles. The molecule has 2 heterocycles. The molecule has 5 nitrogen and oxygen atoms in total. The Kier molecular flexibility index (Phi) is 7.48. The third-order valence-electron chi connectivity index (χ3n) is 3.20. The van der Waals surface area contributed by atoms with E-state index in [1.54, 1.807) is 23.1 Å². The summed E-state index contributed by atoms with van der Waals surface area (Å²) in [6.45, 7) is 2.75. The van der Waals surface area contributed by atoms with Crippen molar-refractivity contribution in [3.05, 3.63) is 41.4 Å². The zero-order chi connectivity index (χ0) is 18.2. The lowest BCUT2D eigenvalue weighted by Gasteiger charge is -2.00. The summed E-state index contributed by atoms with van der Waals surface area (Å²) in [4.78, 5) is 16.3. The van der Waals surface area contributed by atoms with E-state index in [-0.39, 0.29) is 5.91 Å². The Morgan fingerprint density at radius 1 is 1.15 bits per heavy atom. The zero-order valence-corrected chi connectivity index (χ0v) is 17.4. The molecule has 0 bridgehead atoms. The molecule has 0 spiro atoms. The first kappa shape index (κ1) is 19.3. The highest BCUT2D eigenvalue weighted by molar-refractivity contribution is 8.03. The van der Waals surface area contributed by atoms with Gasteiger partial charge in [0.2, 0.25) is 5.91 Å². The Morgan fingerprint density at radius 2 is 1.92 bits per heavy atom. The molecule has 1 N–H and O–H groups in total. The lowest BCUT2D eigenvalue weighted by Crippen LogP contribution is -2.25. The highest BCUT2D eigenvalue weighted by atomic mass is 32.2. The van der Waals surface area contributed by atoms with Gasteiger partial charge < -0.3 is 5.32 Å². The molecule has 0 unspecified atom stereocenters. The number of thiazole rings is 1. The first-order valence-electron chi connectivity index (χ1n) is 8.10. The maximum absolute atomic E-state index is 11.6. The predicted octanol–water partition coefficient (Wildman–Crippen LogP) is 4.57. The summed E-state index contributed by atoms with van der Waals surface area (Å²) in [6.07, 6.45) is 0.943. The third-order valence-corrected chi connectivity index (χ3v) is 7.37. The van der Waals surface area contributed by atoms with Crippen LogP contribution in [0.25, 0.3) is 10.6 Å². The second-order valence-electron chi connectivity index (χ2n) is 5.27. The van der Waals surface area contributed by atoms with Gasteiger partial charge in [-0.05, 0) is 6.42 Å². The number of hydrogen-bond acceptors (Lipinski definition) is 8. The molecule has 9 heteroatoms. The van der Waals surface area contributed by atoms with Gasteiger partial charge in [0.1, 0.15) is 5.01 Å². The van der Waals surface area contributed by atoms with Crippen molar-refractivity contribution in [2.24, 2.45) is 0 Å². The summed E-state index contributed by atoms with van der Waals surface area (Å²) >= 11 is 6.23. The van der Waals surface area contributed by atoms with Crippen LogP contribution >= 0.6 is 46.2 Å². The predicted molar refractivity (Wildman–Crippen MR) is 111 cm³/mol. The fraction of sp³-hybridized carbons (Fsp3) is 0.294. The summed E-state index contributed by atoms with van der Waals surface area (Å²) < 4.78 is 1.72. The fourth-order valence-corrected chi connectivity index (χ4v) is 5.65. The molecule has 2 aromatic heterocycles. The topological polar surface area (TPSA) is 67.8 Å². The van der Waals surface area contributed by atoms with Gasteiger partial charge in [-0.1, -0.05) is 72.1 Å². The van der Waals surface area contributed by atoms with E-state index in [1.165, 1.54) is 23.1 Å². The van der Waals surface area contributed by atoms with E-state index < -0.39 is 0 Å². The zero-order valence-electron chi connectivity index (χ0n) is 14.2. The number of thioether (sulfide) groups is 2. The lowest BCUT2D eigenvalue weighted by atomic mass is 10.2. The smallest absolute Gasteiger partial charge is 0.230 e. The van der Waals surface area contributed by atoms with Crippen LogP contribution in [0.2, 0.25) is 0 Å². The fourth-order valence-electron chi connectivity index (χ4n) is 1.98. The summed E-state index contributed by atoms with van der Waals surface area (Å²) in [7, 11) is 0. The van der Waals surface area contributed by atoms with Crippen LogP contribution < -0.4 is 5.32 Å². The molecule has 0 aliphatic heterocycles. The van der Waals surface area contributed by atoms with E-state index >= 15 is 0 Å². The van der Waals surface area contributed by atoms with Crippen LogP contribution in [0.5, 0.6) is 0 Å². The van der Waals surface area contributed by atoms with E-state index in [0.717, 1.165) is 43.7 Å². The maximum Gasteiger partial charge on any atom is 0.230 e. The van der Waals surface area contributed by atoms with E-state index in [1.807, 2.05) is 25.1 Å². The van der Waals surface area contributed by atoms with Crippen LogP contribution in [0, 0.1) is 0 Å². The maximum atomic E-state index is 11.6. The van der Waals surface area contributed by atoms with Gasteiger partial charge in [-0.15, -0.1) is 21.5 Å². The Balaban J connectivity index is 1.48. The molecule has 136 valence electrons. The number of aromatic nitrogens is 3. The highest BCUT2D eigenvalue weighted by Gasteiger charge is 2.10. The first-order chi connectivity index (χ1) is 12.7. The molecular formula is C17H18N4OS4. The number of rotatable bonds is 9. The Labute approximate surface area is 169 Å². The van der Waals surface area contributed by atoms with Gasteiger partial charge in [0.15, 0.2) is 8.68 Å². The molecule has 3 rings (SSSR count). The summed E-state index contributed by atoms with van der Waals surface area (Å²) in [5.74, 6) is 1.18. The van der Waals surface area contributed by atoms with E-state index in [4.69, 9.17) is 0 Å². The third kappa shape index (κ3) is 5.80. The molecule has 0 atom stereocenters. The van der Waals surface area contributed by atoms with Crippen LogP contribution in [0.15, 0.2) is 44.4 Å². The SMILES string of the molecule is CCCNC(=O)CSc1nnc(SCc2csc(-c3ccccc3)n2)s1. The molecule has 0 aliphatic rings. The number of benzene rings is 1. The van der Waals surface area contributed by atoms with Crippen LogP contribution in [-0.4, -0.2) is 33.4 Å². The standard InChI is InChI=1S/C17H18N4OS4/c1-2-8-18-14(22)11-25-17-21-20-16(26-17)24-10-13-9-23-15(19-13)12-6-4-3-5-7-12/h3-7,9H,2,8,10-11H2,1H3,(H,18,22). The minimum Gasteiger partial charge on any atom is -0.355 e. The summed E-state index contributed by atoms with van der Waals surface area (Å²) in [5.41, 5.74) is 2.19. The molecule has 26 heavy (non-hydrogen) atoms. The minimum atomic E-state index is 0.0390. The van der Waals surface area contributed by atoms with Crippen molar-refractivity contribution in [1.29, 1.82) is 0 Å². The Bertz CT molecular complexity index is 834. The lowest BCUT2D eigenvalue weighted by molar-refractivity contribution is -0.118. The average Bonchev–Trinajstić information content (AvgIpc) is 3.33. The van der Waals surface area contributed by atoms with Crippen molar-refractivity contribution in [1.82, 2.24) is 20.5 Å². The molecule has 0 saturated heterocycles. The highest BCUT2D eigenvalue weighted by Crippen LogP contribution is 2.32. The molecule has 0 saturated carbocycles. The number of nitrogens with one attached hydrogen (secondary N) is 1. The van der Waals surface area contributed by atoms with Crippen molar-refractivity contribution >= 4 is 52.1 Å². The molecular weight excluding hydrogens is 404 g/mol. The van der Waals surface area contributed by atoms with Crippen LogP contribution in [-0.2, 0) is 10.5 Å². The molecule has 1 aromatic carbocycles. The van der Waals surface area contributed by atoms with Crippen molar-refractivity contribution < 1.29 is 4.79 Å². The van der Waals surface area contributed by atoms with Gasteiger partial charge >= 0.3 is 0 Å². The quantitative estimate of drug-likeness (QED) is 0.509. The first-order valence-corrected chi connectivity index (χ1v) is 11.8. The monoisotopic (exact) mass is 422 g/mol. The van der Waals surface area contributed by atoms with Gasteiger partial charge in [0.25, 0.3) is 0 Å². The van der Waals surface area contributed by atoms with Crippen LogP contribution in [0.4, 0.5) is 0 Å². The number of carbonyl (C=O) groups excluding carboxylic acids is 1. The van der Waals surface area contributed by atoms with E-state index in [2.05, 4.69) is 38.0 Å². The van der Waals surface area contributed by atoms with Crippen molar-refractivity contribution in [2.75, 3.05) is 12.3 Å². The van der Waals surface area contributed by atoms with Gasteiger partial charge in [-0.3, -0.25) is 4.79 Å². The van der Waals surface area contributed by atoms with Crippen molar-refractivity contribution in [2.45, 2.75) is 27.8 Å². The van der Waals surface area contributed by atoms with Crippen LogP contribution in [0.3, 0.4) is 0 Å². The van der Waals surface area contributed by atoms with E-state index in [9.17, 15) is 4.79 Å². The number of nitrogens with zero attached hydrogens (tertiary/aromatic N) is 3. The minimum absolute atomic E-state index is 0.0390.